The number of pyridine rings is 1. The van der Waals surface area contributed by atoms with Crippen LogP contribution in [-0.2, 0) is 19.8 Å². The Hall–Kier alpha value is -2.09. The molecule has 142 valence electrons. The van der Waals surface area contributed by atoms with Crippen molar-refractivity contribution < 1.29 is 17.9 Å². The molecule has 1 aliphatic rings. The molecule has 0 unspecified atom stereocenters. The largest absolute Gasteiger partial charge is 0.477 e. The van der Waals surface area contributed by atoms with Crippen LogP contribution in [0.25, 0.3) is 0 Å². The molecule has 5 nitrogen and oxygen atoms in total. The standard InChI is InChI=1S/C18H23F3N4O/c1-13-15(10-24(2)23-13)11-25-8-6-14(7-9-25)12-26-17-5-3-4-16(22-17)18(19,20)21/h3-5,10,14H,6-9,11-12H2,1-2H3. The van der Waals surface area contributed by atoms with Gasteiger partial charge in [0.15, 0.2) is 0 Å². The third kappa shape index (κ3) is 4.75. The van der Waals surface area contributed by atoms with Gasteiger partial charge < -0.3 is 4.74 Å². The molecule has 0 bridgehead atoms. The molecule has 0 spiro atoms. The highest BCUT2D eigenvalue weighted by Gasteiger charge is 2.32. The van der Waals surface area contributed by atoms with Crippen LogP contribution in [-0.4, -0.2) is 39.4 Å². The molecule has 1 saturated heterocycles. The van der Waals surface area contributed by atoms with Gasteiger partial charge in [0.2, 0.25) is 5.88 Å². The summed E-state index contributed by atoms with van der Waals surface area (Å²) in [5, 5.41) is 4.36. The first-order chi connectivity index (χ1) is 12.3. The quantitative estimate of drug-likeness (QED) is 0.811. The van der Waals surface area contributed by atoms with E-state index in [1.54, 1.807) is 0 Å². The van der Waals surface area contributed by atoms with Crippen molar-refractivity contribution in [3.8, 4) is 5.88 Å². The van der Waals surface area contributed by atoms with Gasteiger partial charge in [-0.25, -0.2) is 4.98 Å². The topological polar surface area (TPSA) is 43.2 Å². The van der Waals surface area contributed by atoms with Crippen LogP contribution in [0.1, 0.15) is 29.8 Å². The Morgan fingerprint density at radius 1 is 1.23 bits per heavy atom. The Kier molecular flexibility index (Phi) is 5.50. The highest BCUT2D eigenvalue weighted by atomic mass is 19.4. The predicted molar refractivity (Wildman–Crippen MR) is 90.7 cm³/mol. The Bertz CT molecular complexity index is 736. The lowest BCUT2D eigenvalue weighted by molar-refractivity contribution is -0.141. The van der Waals surface area contributed by atoms with Gasteiger partial charge in [-0.05, 0) is 44.8 Å². The van der Waals surface area contributed by atoms with E-state index in [-0.39, 0.29) is 5.88 Å². The highest BCUT2D eigenvalue weighted by molar-refractivity contribution is 5.18. The highest BCUT2D eigenvalue weighted by Crippen LogP contribution is 2.29. The van der Waals surface area contributed by atoms with Gasteiger partial charge in [0, 0.05) is 31.4 Å². The summed E-state index contributed by atoms with van der Waals surface area (Å²) < 4.78 is 45.4. The second kappa shape index (κ2) is 7.65. The molecule has 3 rings (SSSR count). The minimum atomic E-state index is -4.45. The average Bonchev–Trinajstić information content (AvgIpc) is 2.91. The van der Waals surface area contributed by atoms with Crippen molar-refractivity contribution in [2.24, 2.45) is 13.0 Å². The maximum atomic E-state index is 12.7. The summed E-state index contributed by atoms with van der Waals surface area (Å²) >= 11 is 0. The van der Waals surface area contributed by atoms with Gasteiger partial charge in [-0.2, -0.15) is 18.3 Å². The maximum Gasteiger partial charge on any atom is 0.433 e. The third-order valence-corrected chi connectivity index (χ3v) is 4.70. The molecular formula is C18H23F3N4O. The van der Waals surface area contributed by atoms with Crippen molar-refractivity contribution in [2.75, 3.05) is 19.7 Å². The summed E-state index contributed by atoms with van der Waals surface area (Å²) in [4.78, 5) is 5.92. The molecular weight excluding hydrogens is 345 g/mol. The minimum absolute atomic E-state index is 0.0354. The van der Waals surface area contributed by atoms with Crippen LogP contribution < -0.4 is 4.74 Å². The smallest absolute Gasteiger partial charge is 0.433 e. The van der Waals surface area contributed by atoms with E-state index in [1.165, 1.54) is 17.7 Å². The number of likely N-dealkylation sites (tertiary alicyclic amines) is 1. The summed E-state index contributed by atoms with van der Waals surface area (Å²) in [6.45, 7) is 5.17. The third-order valence-electron chi connectivity index (χ3n) is 4.70. The summed E-state index contributed by atoms with van der Waals surface area (Å²) in [5.74, 6) is 0.367. The number of alkyl halides is 3. The van der Waals surface area contributed by atoms with E-state index in [9.17, 15) is 13.2 Å². The second-order valence-electron chi connectivity index (χ2n) is 6.80. The fraction of sp³-hybridized carbons (Fsp3) is 0.556. The molecule has 0 aliphatic carbocycles. The van der Waals surface area contributed by atoms with Crippen LogP contribution in [0, 0.1) is 12.8 Å². The zero-order valence-electron chi connectivity index (χ0n) is 15.0. The summed E-state index contributed by atoms with van der Waals surface area (Å²) in [6.07, 6.45) is -0.491. The predicted octanol–water partition coefficient (Wildman–Crippen LogP) is 3.43. The fourth-order valence-electron chi connectivity index (χ4n) is 3.21. The van der Waals surface area contributed by atoms with Gasteiger partial charge in [-0.3, -0.25) is 9.58 Å². The molecule has 26 heavy (non-hydrogen) atoms. The summed E-state index contributed by atoms with van der Waals surface area (Å²) in [7, 11) is 1.92. The molecule has 8 heteroatoms. The minimum Gasteiger partial charge on any atom is -0.477 e. The normalized spacial score (nSPS) is 16.8. The van der Waals surface area contributed by atoms with E-state index in [1.807, 2.05) is 24.9 Å². The fourth-order valence-corrected chi connectivity index (χ4v) is 3.21. The van der Waals surface area contributed by atoms with Crippen molar-refractivity contribution in [1.82, 2.24) is 19.7 Å². The summed E-state index contributed by atoms with van der Waals surface area (Å²) in [6, 6.07) is 3.74. The Morgan fingerprint density at radius 2 is 1.96 bits per heavy atom. The Balaban J connectivity index is 1.46. The monoisotopic (exact) mass is 368 g/mol. The van der Waals surface area contributed by atoms with E-state index >= 15 is 0 Å². The molecule has 0 amide bonds. The zero-order chi connectivity index (χ0) is 18.7. The van der Waals surface area contributed by atoms with Crippen molar-refractivity contribution in [3.63, 3.8) is 0 Å². The van der Waals surface area contributed by atoms with Crippen LogP contribution in [0.15, 0.2) is 24.4 Å². The number of hydrogen-bond donors (Lipinski definition) is 0. The first kappa shape index (κ1) is 18.7. The molecule has 0 atom stereocenters. The average molecular weight is 368 g/mol. The molecule has 0 radical (unpaired) electrons. The number of halogens is 3. The van der Waals surface area contributed by atoms with Crippen LogP contribution >= 0.6 is 0 Å². The van der Waals surface area contributed by atoms with Gasteiger partial charge in [0.05, 0.1) is 12.3 Å². The Labute approximate surface area is 150 Å². The Morgan fingerprint density at radius 3 is 2.58 bits per heavy atom. The first-order valence-corrected chi connectivity index (χ1v) is 8.70. The van der Waals surface area contributed by atoms with E-state index in [0.717, 1.165) is 44.2 Å². The van der Waals surface area contributed by atoms with Gasteiger partial charge in [0.1, 0.15) is 5.69 Å². The number of aromatic nitrogens is 3. The zero-order valence-corrected chi connectivity index (χ0v) is 15.0. The molecule has 2 aromatic heterocycles. The molecule has 1 aliphatic heterocycles. The molecule has 3 heterocycles. The van der Waals surface area contributed by atoms with E-state index in [2.05, 4.69) is 15.0 Å². The summed E-state index contributed by atoms with van der Waals surface area (Å²) in [5.41, 5.74) is 1.36. The number of hydrogen-bond acceptors (Lipinski definition) is 4. The number of rotatable bonds is 5. The molecule has 1 fully saturated rings. The lowest BCUT2D eigenvalue weighted by atomic mass is 9.97. The number of aryl methyl sites for hydroxylation is 2. The van der Waals surface area contributed by atoms with Crippen LogP contribution in [0.3, 0.4) is 0 Å². The lowest BCUT2D eigenvalue weighted by Gasteiger charge is -2.31. The van der Waals surface area contributed by atoms with Gasteiger partial charge >= 0.3 is 6.18 Å². The SMILES string of the molecule is Cc1nn(C)cc1CN1CCC(COc2cccc(C(F)(F)F)n2)CC1. The van der Waals surface area contributed by atoms with Crippen LogP contribution in [0.4, 0.5) is 13.2 Å². The molecule has 0 aromatic carbocycles. The van der Waals surface area contributed by atoms with Crippen molar-refractivity contribution in [1.29, 1.82) is 0 Å². The molecule has 0 N–H and O–H groups in total. The van der Waals surface area contributed by atoms with Gasteiger partial charge in [0.25, 0.3) is 0 Å². The van der Waals surface area contributed by atoms with Crippen molar-refractivity contribution in [2.45, 2.75) is 32.5 Å². The number of nitrogens with zero attached hydrogens (tertiary/aromatic N) is 4. The van der Waals surface area contributed by atoms with Crippen molar-refractivity contribution >= 4 is 0 Å². The maximum absolute atomic E-state index is 12.7. The van der Waals surface area contributed by atoms with Gasteiger partial charge in [-0.15, -0.1) is 0 Å². The number of ether oxygens (including phenoxy) is 1. The van der Waals surface area contributed by atoms with Crippen molar-refractivity contribution in [3.05, 3.63) is 41.3 Å². The lowest BCUT2D eigenvalue weighted by Crippen LogP contribution is -2.35. The first-order valence-electron chi connectivity index (χ1n) is 8.70. The molecule has 0 saturated carbocycles. The van der Waals surface area contributed by atoms with E-state index in [4.69, 9.17) is 4.74 Å². The number of piperidine rings is 1. The van der Waals surface area contributed by atoms with Gasteiger partial charge in [-0.1, -0.05) is 6.07 Å². The van der Waals surface area contributed by atoms with E-state index in [0.29, 0.717) is 12.5 Å². The van der Waals surface area contributed by atoms with Crippen LogP contribution in [0.5, 0.6) is 5.88 Å². The van der Waals surface area contributed by atoms with E-state index < -0.39 is 11.9 Å². The molecule has 2 aromatic rings. The van der Waals surface area contributed by atoms with Crippen LogP contribution in [0.2, 0.25) is 0 Å². The second-order valence-corrected chi connectivity index (χ2v) is 6.80.